The van der Waals surface area contributed by atoms with E-state index in [9.17, 15) is 48.3 Å². The number of ketones is 2. The summed E-state index contributed by atoms with van der Waals surface area (Å²) >= 11 is 6.91. The van der Waals surface area contributed by atoms with Gasteiger partial charge in [-0.25, -0.2) is 9.59 Å². The van der Waals surface area contributed by atoms with Gasteiger partial charge in [-0.2, -0.15) is 0 Å². The molecule has 4 aliphatic heterocycles. The van der Waals surface area contributed by atoms with Gasteiger partial charge in [0, 0.05) is 89.6 Å². The summed E-state index contributed by atoms with van der Waals surface area (Å²) in [6, 6.07) is 5.38. The van der Waals surface area contributed by atoms with E-state index in [-0.39, 0.29) is 98.1 Å². The number of benzene rings is 2. The average Bonchev–Trinajstić information content (AvgIpc) is 1.58. The average molecular weight is 1320 g/mol. The molecule has 0 saturated carbocycles. The maximum absolute atomic E-state index is 14.7. The number of Topliss-reactive ketones (excluding diaryl/α,β-unsaturated/α-hetero) is 2. The van der Waals surface area contributed by atoms with Crippen LogP contribution in [-0.4, -0.2) is 179 Å². The number of esters is 3. The third kappa shape index (κ3) is 20.1. The Kier molecular flexibility index (Phi) is 27.8. The molecule has 0 aliphatic carbocycles. The molecular weight excluding hydrogens is 1220 g/mol. The highest BCUT2D eigenvalue weighted by Crippen LogP contribution is 2.50. The van der Waals surface area contributed by atoms with Crippen molar-refractivity contribution in [3.63, 3.8) is 0 Å². The van der Waals surface area contributed by atoms with Gasteiger partial charge in [0.25, 0.3) is 5.91 Å². The molecule has 0 spiro atoms. The van der Waals surface area contributed by atoms with Gasteiger partial charge in [-0.1, -0.05) is 76.1 Å². The molecule has 6 rings (SSSR count). The van der Waals surface area contributed by atoms with E-state index in [1.165, 1.54) is 38.0 Å². The molecule has 5 N–H and O–H groups in total. The van der Waals surface area contributed by atoms with E-state index in [0.717, 1.165) is 11.1 Å². The summed E-state index contributed by atoms with van der Waals surface area (Å²) in [5.74, 6) is -5.14. The zero-order valence-corrected chi connectivity index (χ0v) is 57.1. The van der Waals surface area contributed by atoms with Gasteiger partial charge in [-0.15, -0.1) is 0 Å². The van der Waals surface area contributed by atoms with Gasteiger partial charge in [0.2, 0.25) is 11.8 Å². The van der Waals surface area contributed by atoms with Crippen molar-refractivity contribution in [3.8, 4) is 5.75 Å². The monoisotopic (exact) mass is 1320 g/mol. The summed E-state index contributed by atoms with van der Waals surface area (Å²) < 4.78 is 41.2. The molecule has 23 nitrogen and oxygen atoms in total. The first-order valence-electron chi connectivity index (χ1n) is 32.7. The van der Waals surface area contributed by atoms with Crippen LogP contribution < -0.4 is 30.9 Å². The number of methoxy groups -OCH3 is 2. The Balaban J connectivity index is 1.22. The third-order valence-electron chi connectivity index (χ3n) is 18.7. The van der Waals surface area contributed by atoms with E-state index in [1.54, 1.807) is 63.4 Å². The molecule has 93 heavy (non-hydrogen) atoms. The highest BCUT2D eigenvalue weighted by molar-refractivity contribution is 6.35. The summed E-state index contributed by atoms with van der Waals surface area (Å²) in [5.41, 5.74) is 5.59. The van der Waals surface area contributed by atoms with Gasteiger partial charge in [0.15, 0.2) is 5.78 Å². The standard InChI is InChI=1S/C69H99ClN6O17/c1-13-46(14-2)66(84)90-29-17-15-16-21-49(77)37-50(41(3)4)63(81)73-51(22-19-26-72-67(71)85)54(78)36-47-24-25-48(35-52(47)76-27-30-89-31-28-76)64(82)74(9)44(7)65(83)92-58-38-59(79)75(10)53-33-45(34-55(87-11)61(53)70)32-42(5)20-18-23-57(88-12)69(86)39-56(91-60(80)40-69)43(6)62-68(58,8)93-62/h18,20,23-25,33-35,41,43-44,46,50-51,56-58,62,86H,13-17,19,21-22,26-32,36-40H2,1-12H3,(H,73,81)(H3,71,72,85)/b23-18+,42-20+/t43-,44+,50+,51+,56+,57-,58+,62+,68+,69-/m1/s1. The van der Waals surface area contributed by atoms with Gasteiger partial charge in [-0.05, 0) is 113 Å². The number of anilines is 2. The van der Waals surface area contributed by atoms with E-state index in [4.69, 9.17) is 50.5 Å². The number of urea groups is 1. The maximum Gasteiger partial charge on any atom is 0.328 e. The molecule has 5 amide bonds. The molecule has 3 fully saturated rings. The number of nitrogens with zero attached hydrogens (tertiary/aromatic N) is 3. The molecule has 0 unspecified atom stereocenters. The number of ether oxygens (including phenoxy) is 7. The van der Waals surface area contributed by atoms with Crippen LogP contribution in [0.3, 0.4) is 0 Å². The quantitative estimate of drug-likeness (QED) is 0.0274. The van der Waals surface area contributed by atoms with E-state index in [1.807, 2.05) is 45.6 Å². The zero-order valence-electron chi connectivity index (χ0n) is 56.3. The molecule has 4 aliphatic rings. The Hall–Kier alpha value is -6.92. The Bertz CT molecular complexity index is 3050. The second-order valence-electron chi connectivity index (χ2n) is 25.8. The molecule has 0 aromatic heterocycles. The number of rotatable bonds is 28. The Morgan fingerprint density at radius 3 is 2.32 bits per heavy atom. The van der Waals surface area contributed by atoms with Crippen LogP contribution in [0.15, 0.2) is 54.1 Å². The van der Waals surface area contributed by atoms with Crippen molar-refractivity contribution in [2.45, 2.75) is 193 Å². The summed E-state index contributed by atoms with van der Waals surface area (Å²) in [4.78, 5) is 128. The molecular formula is C69H99ClN6O17. The summed E-state index contributed by atoms with van der Waals surface area (Å²) in [5, 5.41) is 17.8. The largest absolute Gasteiger partial charge is 0.495 e. The fourth-order valence-corrected chi connectivity index (χ4v) is 12.8. The number of nitrogens with one attached hydrogen (secondary N) is 2. The fraction of sp³-hybridized carbons (Fsp3) is 0.638. The minimum Gasteiger partial charge on any atom is -0.495 e. The molecule has 24 heteroatoms. The number of carbonyl (C=O) groups excluding carboxylic acids is 9. The highest BCUT2D eigenvalue weighted by Gasteiger charge is 2.64. The maximum atomic E-state index is 14.7. The molecule has 514 valence electrons. The van der Waals surface area contributed by atoms with Crippen LogP contribution in [0, 0.1) is 23.7 Å². The van der Waals surface area contributed by atoms with Crippen LogP contribution in [0.1, 0.15) is 154 Å². The lowest BCUT2D eigenvalue weighted by atomic mass is 9.78. The van der Waals surface area contributed by atoms with Crippen LogP contribution in [0.4, 0.5) is 16.2 Å². The number of amides is 5. The lowest BCUT2D eigenvalue weighted by molar-refractivity contribution is -0.187. The molecule has 2 aromatic rings. The third-order valence-corrected chi connectivity index (χ3v) is 19.1. The number of morpholine rings is 1. The highest BCUT2D eigenvalue weighted by atomic mass is 35.5. The fourth-order valence-electron chi connectivity index (χ4n) is 12.5. The number of fused-ring (bicyclic) bond motifs is 5. The molecule has 2 aromatic carbocycles. The van der Waals surface area contributed by atoms with Crippen LogP contribution in [0.5, 0.6) is 5.75 Å². The van der Waals surface area contributed by atoms with Crippen molar-refractivity contribution in [3.05, 3.63) is 75.8 Å². The van der Waals surface area contributed by atoms with Crippen LogP contribution in [-0.2, 0) is 74.8 Å². The molecule has 4 bridgehead atoms. The number of halogens is 1. The first-order valence-corrected chi connectivity index (χ1v) is 33.0. The summed E-state index contributed by atoms with van der Waals surface area (Å²) in [6.07, 6.45) is 4.80. The normalized spacial score (nSPS) is 24.5. The molecule has 3 saturated heterocycles. The lowest BCUT2D eigenvalue weighted by Crippen LogP contribution is -2.53. The van der Waals surface area contributed by atoms with Crippen LogP contribution in [0.2, 0.25) is 5.02 Å². The Morgan fingerprint density at radius 2 is 1.67 bits per heavy atom. The van der Waals surface area contributed by atoms with Crippen LogP contribution >= 0.6 is 11.6 Å². The predicted molar refractivity (Wildman–Crippen MR) is 350 cm³/mol. The predicted octanol–water partition coefficient (Wildman–Crippen LogP) is 7.73. The van der Waals surface area contributed by atoms with Gasteiger partial charge in [0.05, 0.1) is 63.5 Å². The van der Waals surface area contributed by atoms with Crippen molar-refractivity contribution in [1.29, 1.82) is 0 Å². The van der Waals surface area contributed by atoms with E-state index in [2.05, 4.69) is 10.6 Å². The van der Waals surface area contributed by atoms with Crippen molar-refractivity contribution in [2.75, 3.05) is 77.6 Å². The molecule has 0 radical (unpaired) electrons. The first kappa shape index (κ1) is 75.1. The minimum absolute atomic E-state index is 0.0176. The summed E-state index contributed by atoms with van der Waals surface area (Å²) in [7, 11) is 5.91. The number of allylic oxidation sites excluding steroid dienone is 3. The second-order valence-corrected chi connectivity index (χ2v) is 26.2. The smallest absolute Gasteiger partial charge is 0.328 e. The SMILES string of the molecule is CCC(CC)C(=O)OCCCCCC(=O)C[C@H](C(=O)N[C@@H](CCCNC(N)=O)C(=O)Cc1ccc(C(=O)N(C)[C@@H](C)C(=O)O[C@H]2CC(=O)N(C)c3cc(cc(OC)c3Cl)C/C(C)=C/C=C/[C@@H](OC)[C@]3(O)CC(=O)O[C@@H](C3)[C@@H](C)[C@@H]3O[C@@]23C)cc1N1CCOCC1)C(C)C. The topological polar surface area (TPSA) is 302 Å². The molecule has 10 atom stereocenters. The van der Waals surface area contributed by atoms with E-state index < -0.39 is 102 Å². The Labute approximate surface area is 552 Å². The van der Waals surface area contributed by atoms with E-state index >= 15 is 0 Å². The number of likely N-dealkylation sites (N-methyl/N-ethyl adjacent to an activating group) is 1. The van der Waals surface area contributed by atoms with Crippen molar-refractivity contribution < 1.29 is 81.4 Å². The number of hydrogen-bond acceptors (Lipinski definition) is 18. The van der Waals surface area contributed by atoms with Gasteiger partial charge >= 0.3 is 23.9 Å². The van der Waals surface area contributed by atoms with Crippen molar-refractivity contribution in [2.24, 2.45) is 29.4 Å². The minimum atomic E-state index is -1.67. The van der Waals surface area contributed by atoms with Gasteiger partial charge in [-0.3, -0.25) is 33.6 Å². The number of aliphatic hydroxyl groups is 1. The van der Waals surface area contributed by atoms with Crippen LogP contribution in [0.25, 0.3) is 0 Å². The van der Waals surface area contributed by atoms with E-state index in [0.29, 0.717) is 87.5 Å². The first-order chi connectivity index (χ1) is 44.1. The number of primary amides is 1. The van der Waals surface area contributed by atoms with Crippen molar-refractivity contribution in [1.82, 2.24) is 15.5 Å². The number of unbranched alkanes of at least 4 members (excludes halogenated alkanes) is 2. The number of epoxide rings is 1. The van der Waals surface area contributed by atoms with Crippen molar-refractivity contribution >= 4 is 76.2 Å². The number of carbonyl (C=O) groups is 9. The molecule has 4 heterocycles. The summed E-state index contributed by atoms with van der Waals surface area (Å²) in [6.45, 7) is 16.4. The zero-order chi connectivity index (χ0) is 68.5. The number of nitrogens with two attached hydrogens (primary N) is 1. The Morgan fingerprint density at radius 1 is 0.957 bits per heavy atom. The number of hydrogen-bond donors (Lipinski definition) is 4. The second kappa shape index (κ2) is 34.5. The van der Waals surface area contributed by atoms with Gasteiger partial charge < -0.3 is 69.3 Å². The van der Waals surface area contributed by atoms with Gasteiger partial charge in [0.1, 0.15) is 52.1 Å². The lowest BCUT2D eigenvalue weighted by Gasteiger charge is -2.41.